The van der Waals surface area contributed by atoms with Gasteiger partial charge < -0.3 is 11.1 Å². The molecule has 3 N–H and O–H groups in total. The Morgan fingerprint density at radius 3 is 2.73 bits per heavy atom. The molecule has 1 saturated carbocycles. The van der Waals surface area contributed by atoms with Crippen LogP contribution in [0.3, 0.4) is 0 Å². The molecule has 0 unspecified atom stereocenters. The monoisotopic (exact) mass is 414 g/mol. The number of imidazole rings is 1. The second-order valence-electron chi connectivity index (χ2n) is 7.16. The molecule has 1 fully saturated rings. The standard InChI is InChI=1S/C19H23BrN6/c1-12-9-24-18(19(21)7-5-14(22-2)6-8-19)25-17(12)15-10-23-16-4-3-13(20)11-26(15)16/h3-4,9-11,14,22H,5-8,21H2,1-2H3. The first-order valence-corrected chi connectivity index (χ1v) is 9.73. The van der Waals surface area contributed by atoms with Crippen LogP contribution in [0.2, 0.25) is 0 Å². The number of pyridine rings is 1. The van der Waals surface area contributed by atoms with Crippen LogP contribution in [0.5, 0.6) is 0 Å². The number of rotatable bonds is 3. The smallest absolute Gasteiger partial charge is 0.148 e. The summed E-state index contributed by atoms with van der Waals surface area (Å²) in [6, 6.07) is 4.50. The molecule has 4 rings (SSSR count). The fraction of sp³-hybridized carbons (Fsp3) is 0.421. The maximum absolute atomic E-state index is 6.72. The van der Waals surface area contributed by atoms with Crippen molar-refractivity contribution >= 4 is 21.6 Å². The lowest BCUT2D eigenvalue weighted by atomic mass is 9.79. The predicted octanol–water partition coefficient (Wildman–Crippen LogP) is 3.18. The molecule has 0 aliphatic heterocycles. The fourth-order valence-electron chi connectivity index (χ4n) is 3.72. The molecule has 0 atom stereocenters. The van der Waals surface area contributed by atoms with Gasteiger partial charge in [0.15, 0.2) is 0 Å². The van der Waals surface area contributed by atoms with E-state index in [-0.39, 0.29) is 0 Å². The molecule has 1 aliphatic rings. The van der Waals surface area contributed by atoms with Gasteiger partial charge in [0.1, 0.15) is 11.5 Å². The van der Waals surface area contributed by atoms with Crippen LogP contribution in [0, 0.1) is 6.92 Å². The van der Waals surface area contributed by atoms with E-state index in [4.69, 9.17) is 10.7 Å². The minimum atomic E-state index is -0.461. The Kier molecular flexibility index (Phi) is 4.54. The first-order valence-electron chi connectivity index (χ1n) is 8.93. The summed E-state index contributed by atoms with van der Waals surface area (Å²) in [5, 5.41) is 3.35. The van der Waals surface area contributed by atoms with Crippen molar-refractivity contribution in [3.05, 3.63) is 46.6 Å². The zero-order valence-corrected chi connectivity index (χ0v) is 16.6. The molecule has 7 heteroatoms. The fourth-order valence-corrected chi connectivity index (χ4v) is 4.05. The van der Waals surface area contributed by atoms with Crippen LogP contribution in [-0.2, 0) is 5.54 Å². The number of nitrogens with two attached hydrogens (primary N) is 1. The first kappa shape index (κ1) is 17.6. The summed E-state index contributed by atoms with van der Waals surface area (Å²) in [7, 11) is 2.01. The summed E-state index contributed by atoms with van der Waals surface area (Å²) in [6.45, 7) is 2.03. The van der Waals surface area contributed by atoms with Crippen LogP contribution in [0.1, 0.15) is 37.1 Å². The lowest BCUT2D eigenvalue weighted by molar-refractivity contribution is 0.248. The van der Waals surface area contributed by atoms with E-state index in [0.717, 1.165) is 58.6 Å². The predicted molar refractivity (Wildman–Crippen MR) is 106 cm³/mol. The summed E-state index contributed by atoms with van der Waals surface area (Å²) in [5.74, 6) is 0.734. The van der Waals surface area contributed by atoms with Gasteiger partial charge in [0.2, 0.25) is 0 Å². The van der Waals surface area contributed by atoms with Crippen molar-refractivity contribution in [3.63, 3.8) is 0 Å². The van der Waals surface area contributed by atoms with Crippen LogP contribution >= 0.6 is 15.9 Å². The molecular weight excluding hydrogens is 392 g/mol. The Balaban J connectivity index is 1.76. The van der Waals surface area contributed by atoms with Crippen molar-refractivity contribution in [2.45, 2.75) is 44.2 Å². The van der Waals surface area contributed by atoms with E-state index < -0.39 is 5.54 Å². The number of aromatic nitrogens is 4. The molecule has 0 amide bonds. The quantitative estimate of drug-likeness (QED) is 0.687. The zero-order valence-electron chi connectivity index (χ0n) is 15.0. The molecule has 0 spiro atoms. The average molecular weight is 415 g/mol. The largest absolute Gasteiger partial charge is 0.319 e. The van der Waals surface area contributed by atoms with Gasteiger partial charge in [-0.3, -0.25) is 4.40 Å². The van der Waals surface area contributed by atoms with Crippen molar-refractivity contribution in [1.82, 2.24) is 24.7 Å². The van der Waals surface area contributed by atoms with Gasteiger partial charge in [-0.15, -0.1) is 0 Å². The van der Waals surface area contributed by atoms with Gasteiger partial charge in [-0.2, -0.15) is 0 Å². The van der Waals surface area contributed by atoms with E-state index in [0.29, 0.717) is 6.04 Å². The number of nitrogens with one attached hydrogen (secondary N) is 1. The number of hydrogen-bond acceptors (Lipinski definition) is 5. The highest BCUT2D eigenvalue weighted by Crippen LogP contribution is 2.34. The highest BCUT2D eigenvalue weighted by Gasteiger charge is 2.35. The minimum absolute atomic E-state index is 0.461. The van der Waals surface area contributed by atoms with Crippen molar-refractivity contribution in [1.29, 1.82) is 0 Å². The van der Waals surface area contributed by atoms with Crippen LogP contribution in [0.15, 0.2) is 35.2 Å². The second kappa shape index (κ2) is 6.72. The van der Waals surface area contributed by atoms with Gasteiger partial charge in [-0.05, 0) is 73.3 Å². The SMILES string of the molecule is CNC1CCC(N)(c2ncc(C)c(-c3cnc4ccc(Br)cn34)n2)CC1. The highest BCUT2D eigenvalue weighted by molar-refractivity contribution is 9.10. The van der Waals surface area contributed by atoms with Crippen LogP contribution in [0.4, 0.5) is 0 Å². The number of fused-ring (bicyclic) bond motifs is 1. The average Bonchev–Trinajstić information content (AvgIpc) is 3.05. The number of halogens is 1. The Hall–Kier alpha value is -1.83. The summed E-state index contributed by atoms with van der Waals surface area (Å²) in [4.78, 5) is 14.0. The normalized spacial score (nSPS) is 23.5. The van der Waals surface area contributed by atoms with E-state index in [1.54, 1.807) is 0 Å². The Morgan fingerprint density at radius 2 is 2.00 bits per heavy atom. The third-order valence-electron chi connectivity index (χ3n) is 5.42. The number of hydrogen-bond donors (Lipinski definition) is 2. The van der Waals surface area contributed by atoms with Gasteiger partial charge in [0.05, 0.1) is 23.1 Å². The van der Waals surface area contributed by atoms with E-state index in [1.165, 1.54) is 0 Å². The van der Waals surface area contributed by atoms with Gasteiger partial charge in [0, 0.05) is 22.9 Å². The first-order chi connectivity index (χ1) is 12.5. The Morgan fingerprint density at radius 1 is 1.23 bits per heavy atom. The molecule has 3 heterocycles. The summed E-state index contributed by atoms with van der Waals surface area (Å²) in [5.41, 5.74) is 10.0. The van der Waals surface area contributed by atoms with Crippen molar-refractivity contribution in [2.75, 3.05) is 7.05 Å². The summed E-state index contributed by atoms with van der Waals surface area (Å²) >= 11 is 3.53. The molecule has 0 radical (unpaired) electrons. The molecule has 0 aromatic carbocycles. The molecule has 3 aromatic rings. The van der Waals surface area contributed by atoms with Crippen molar-refractivity contribution < 1.29 is 0 Å². The maximum Gasteiger partial charge on any atom is 0.148 e. The molecule has 26 heavy (non-hydrogen) atoms. The molecule has 3 aromatic heterocycles. The molecule has 136 valence electrons. The molecule has 0 saturated heterocycles. The van der Waals surface area contributed by atoms with Gasteiger partial charge in [-0.25, -0.2) is 15.0 Å². The molecule has 6 nitrogen and oxygen atoms in total. The molecule has 1 aliphatic carbocycles. The molecular formula is C19H23BrN6. The van der Waals surface area contributed by atoms with E-state index in [9.17, 15) is 0 Å². The van der Waals surface area contributed by atoms with Crippen LogP contribution < -0.4 is 11.1 Å². The number of aryl methyl sites for hydroxylation is 1. The van der Waals surface area contributed by atoms with Gasteiger partial charge in [-0.1, -0.05) is 0 Å². The second-order valence-corrected chi connectivity index (χ2v) is 8.08. The Bertz CT molecular complexity index is 942. The number of nitrogens with zero attached hydrogens (tertiary/aromatic N) is 4. The zero-order chi connectivity index (χ0) is 18.3. The lowest BCUT2D eigenvalue weighted by Gasteiger charge is -2.36. The maximum atomic E-state index is 6.72. The minimum Gasteiger partial charge on any atom is -0.319 e. The molecule has 0 bridgehead atoms. The van der Waals surface area contributed by atoms with Crippen LogP contribution in [-0.4, -0.2) is 32.4 Å². The van der Waals surface area contributed by atoms with Gasteiger partial charge in [0.25, 0.3) is 0 Å². The Labute approximate surface area is 161 Å². The van der Waals surface area contributed by atoms with E-state index in [1.807, 2.05) is 49.1 Å². The summed E-state index contributed by atoms with van der Waals surface area (Å²) < 4.78 is 3.04. The topological polar surface area (TPSA) is 81.1 Å². The van der Waals surface area contributed by atoms with Crippen molar-refractivity contribution in [3.8, 4) is 11.4 Å². The highest BCUT2D eigenvalue weighted by atomic mass is 79.9. The van der Waals surface area contributed by atoms with Crippen LogP contribution in [0.25, 0.3) is 17.0 Å². The van der Waals surface area contributed by atoms with Gasteiger partial charge >= 0.3 is 0 Å². The van der Waals surface area contributed by atoms with E-state index in [2.05, 4.69) is 31.2 Å². The third kappa shape index (κ3) is 3.04. The van der Waals surface area contributed by atoms with Crippen molar-refractivity contribution in [2.24, 2.45) is 5.73 Å². The lowest BCUT2D eigenvalue weighted by Crippen LogP contribution is -2.45. The summed E-state index contributed by atoms with van der Waals surface area (Å²) in [6.07, 6.45) is 9.62. The van der Waals surface area contributed by atoms with E-state index >= 15 is 0 Å². The third-order valence-corrected chi connectivity index (χ3v) is 5.88.